The molecule has 1 fully saturated rings. The molecule has 0 saturated heterocycles. The average molecular weight is 287 g/mol. The summed E-state index contributed by atoms with van der Waals surface area (Å²) in [6.07, 6.45) is 4.71. The molecule has 0 bridgehead atoms. The Bertz CT molecular complexity index is 294. The molecule has 5 nitrogen and oxygen atoms in total. The Balaban J connectivity index is 2.20. The fourth-order valence-corrected chi connectivity index (χ4v) is 2.18. The van der Waals surface area contributed by atoms with Gasteiger partial charge in [-0.3, -0.25) is 10.1 Å². The molecule has 1 aliphatic carbocycles. The normalized spacial score (nSPS) is 19.6. The molecule has 1 rings (SSSR count). The highest BCUT2D eigenvalue weighted by molar-refractivity contribution is 5.78. The summed E-state index contributed by atoms with van der Waals surface area (Å²) in [6.45, 7) is 7.65. The molecule has 0 spiro atoms. The van der Waals surface area contributed by atoms with Crippen molar-refractivity contribution in [2.75, 3.05) is 19.8 Å². The van der Waals surface area contributed by atoms with E-state index in [1.807, 2.05) is 6.92 Å². The molecule has 2 N–H and O–H groups in total. The minimum atomic E-state index is -0.899. The van der Waals surface area contributed by atoms with Crippen LogP contribution in [0.5, 0.6) is 0 Å². The van der Waals surface area contributed by atoms with Gasteiger partial charge in [0.2, 0.25) is 0 Å². The molecule has 0 radical (unpaired) electrons. The summed E-state index contributed by atoms with van der Waals surface area (Å²) in [7, 11) is 0. The Kier molecular flexibility index (Phi) is 7.48. The molecule has 0 aliphatic heterocycles. The van der Waals surface area contributed by atoms with Gasteiger partial charge in [-0.25, -0.2) is 0 Å². The second-order valence-corrected chi connectivity index (χ2v) is 5.91. The minimum Gasteiger partial charge on any atom is -0.480 e. The molecular weight excluding hydrogens is 258 g/mol. The first-order chi connectivity index (χ1) is 9.48. The number of hydrogen-bond donors (Lipinski definition) is 2. The van der Waals surface area contributed by atoms with E-state index < -0.39 is 11.5 Å². The summed E-state index contributed by atoms with van der Waals surface area (Å²) < 4.78 is 11.1. The van der Waals surface area contributed by atoms with Crippen LogP contribution in [0.15, 0.2) is 0 Å². The van der Waals surface area contributed by atoms with Gasteiger partial charge in [-0.15, -0.1) is 0 Å². The van der Waals surface area contributed by atoms with Gasteiger partial charge in [0.05, 0.1) is 19.3 Å². The number of unbranched alkanes of at least 4 members (excludes halogenated alkanes) is 1. The van der Waals surface area contributed by atoms with Crippen molar-refractivity contribution in [3.63, 3.8) is 0 Å². The lowest BCUT2D eigenvalue weighted by atomic mass is 9.94. The molecular formula is C15H29NO4. The predicted octanol–water partition coefficient (Wildman–Crippen LogP) is 2.19. The molecule has 0 heterocycles. The largest absolute Gasteiger partial charge is 0.480 e. The van der Waals surface area contributed by atoms with Crippen LogP contribution in [0.1, 0.15) is 52.9 Å². The highest BCUT2D eigenvalue weighted by Gasteiger charge is 2.39. The third-order valence-corrected chi connectivity index (χ3v) is 3.54. The van der Waals surface area contributed by atoms with Crippen LogP contribution in [0.2, 0.25) is 0 Å². The molecule has 0 aromatic carbocycles. The maximum atomic E-state index is 11.4. The molecule has 5 heteroatoms. The van der Waals surface area contributed by atoms with Gasteiger partial charge in [0.25, 0.3) is 0 Å². The van der Waals surface area contributed by atoms with Crippen LogP contribution in [0, 0.1) is 0 Å². The lowest BCUT2D eigenvalue weighted by molar-refractivity contribution is -0.146. The van der Waals surface area contributed by atoms with Gasteiger partial charge in [-0.2, -0.15) is 0 Å². The number of hydrogen-bond acceptors (Lipinski definition) is 4. The summed E-state index contributed by atoms with van der Waals surface area (Å²) in [5, 5.41) is 12.6. The fourth-order valence-electron chi connectivity index (χ4n) is 2.18. The van der Waals surface area contributed by atoms with Crippen molar-refractivity contribution < 1.29 is 19.4 Å². The van der Waals surface area contributed by atoms with Crippen LogP contribution >= 0.6 is 0 Å². The Hall–Kier alpha value is -0.650. The monoisotopic (exact) mass is 287 g/mol. The predicted molar refractivity (Wildman–Crippen MR) is 78.0 cm³/mol. The average Bonchev–Trinajstić information content (AvgIpc) is 3.17. The van der Waals surface area contributed by atoms with Gasteiger partial charge in [-0.05, 0) is 33.1 Å². The molecule has 20 heavy (non-hydrogen) atoms. The van der Waals surface area contributed by atoms with Gasteiger partial charge in [-0.1, -0.05) is 13.3 Å². The summed E-state index contributed by atoms with van der Waals surface area (Å²) >= 11 is 0. The standard InChI is InChI=1S/C15H29NO4/c1-4-5-8-19-9-10-20-12(2)11-15(3,14(17)18)16-13-6-7-13/h12-13,16H,4-11H2,1-3H3,(H,17,18). The van der Waals surface area contributed by atoms with Gasteiger partial charge in [0.1, 0.15) is 5.54 Å². The van der Waals surface area contributed by atoms with Crippen molar-refractivity contribution >= 4 is 5.97 Å². The Morgan fingerprint density at radius 3 is 2.65 bits per heavy atom. The zero-order valence-electron chi connectivity index (χ0n) is 13.0. The molecule has 1 saturated carbocycles. The number of carboxylic acid groups (broad SMARTS) is 1. The molecule has 118 valence electrons. The lowest BCUT2D eigenvalue weighted by Gasteiger charge is -2.29. The third-order valence-electron chi connectivity index (χ3n) is 3.54. The van der Waals surface area contributed by atoms with Crippen LogP contribution in [0.3, 0.4) is 0 Å². The second kappa shape index (κ2) is 8.60. The van der Waals surface area contributed by atoms with E-state index in [-0.39, 0.29) is 6.10 Å². The van der Waals surface area contributed by atoms with Crippen LogP contribution in [-0.2, 0) is 14.3 Å². The first kappa shape index (κ1) is 17.4. The molecule has 2 unspecified atom stereocenters. The maximum absolute atomic E-state index is 11.4. The Labute approximate surface area is 122 Å². The number of ether oxygens (including phenoxy) is 2. The van der Waals surface area contributed by atoms with E-state index in [0.717, 1.165) is 32.3 Å². The summed E-state index contributed by atoms with van der Waals surface area (Å²) in [5.41, 5.74) is -0.899. The van der Waals surface area contributed by atoms with Gasteiger partial charge in [0, 0.05) is 19.1 Å². The van der Waals surface area contributed by atoms with E-state index in [0.29, 0.717) is 25.7 Å². The minimum absolute atomic E-state index is 0.0999. The first-order valence-electron chi connectivity index (χ1n) is 7.68. The van der Waals surface area contributed by atoms with E-state index >= 15 is 0 Å². The molecule has 0 aromatic rings. The first-order valence-corrected chi connectivity index (χ1v) is 7.68. The number of aliphatic carboxylic acids is 1. The SMILES string of the molecule is CCCCOCCOC(C)CC(C)(NC1CC1)C(=O)O. The highest BCUT2D eigenvalue weighted by atomic mass is 16.5. The van der Waals surface area contributed by atoms with Gasteiger partial charge >= 0.3 is 5.97 Å². The van der Waals surface area contributed by atoms with Crippen molar-refractivity contribution in [1.29, 1.82) is 0 Å². The van der Waals surface area contributed by atoms with Crippen LogP contribution < -0.4 is 5.32 Å². The maximum Gasteiger partial charge on any atom is 0.323 e. The van der Waals surface area contributed by atoms with E-state index in [1.165, 1.54) is 0 Å². The topological polar surface area (TPSA) is 67.8 Å². The van der Waals surface area contributed by atoms with Crippen molar-refractivity contribution in [3.8, 4) is 0 Å². The van der Waals surface area contributed by atoms with Crippen molar-refractivity contribution in [2.45, 2.75) is 70.6 Å². The lowest BCUT2D eigenvalue weighted by Crippen LogP contribution is -2.52. The smallest absolute Gasteiger partial charge is 0.323 e. The molecule has 1 aliphatic rings. The van der Waals surface area contributed by atoms with Crippen molar-refractivity contribution in [2.24, 2.45) is 0 Å². The molecule has 0 amide bonds. The number of nitrogens with one attached hydrogen (secondary N) is 1. The molecule has 0 aromatic heterocycles. The highest BCUT2D eigenvalue weighted by Crippen LogP contribution is 2.25. The summed E-state index contributed by atoms with van der Waals surface area (Å²) in [6, 6.07) is 0.362. The second-order valence-electron chi connectivity index (χ2n) is 5.91. The van der Waals surface area contributed by atoms with Gasteiger partial charge in [0.15, 0.2) is 0 Å². The van der Waals surface area contributed by atoms with Crippen LogP contribution in [0.25, 0.3) is 0 Å². The summed E-state index contributed by atoms with van der Waals surface area (Å²) in [4.78, 5) is 11.4. The number of carbonyl (C=O) groups is 1. The summed E-state index contributed by atoms with van der Waals surface area (Å²) in [5.74, 6) is -0.806. The quantitative estimate of drug-likeness (QED) is 0.539. The zero-order chi connectivity index (χ0) is 15.0. The Morgan fingerprint density at radius 2 is 2.10 bits per heavy atom. The van der Waals surface area contributed by atoms with Crippen molar-refractivity contribution in [1.82, 2.24) is 5.32 Å². The van der Waals surface area contributed by atoms with Crippen LogP contribution in [0.4, 0.5) is 0 Å². The number of rotatable bonds is 12. The van der Waals surface area contributed by atoms with Gasteiger partial charge < -0.3 is 14.6 Å². The fraction of sp³-hybridized carbons (Fsp3) is 0.933. The third kappa shape index (κ3) is 6.68. The zero-order valence-corrected chi connectivity index (χ0v) is 13.0. The molecule has 2 atom stereocenters. The van der Waals surface area contributed by atoms with Crippen molar-refractivity contribution in [3.05, 3.63) is 0 Å². The van der Waals surface area contributed by atoms with E-state index in [4.69, 9.17) is 9.47 Å². The van der Waals surface area contributed by atoms with E-state index in [2.05, 4.69) is 12.2 Å². The van der Waals surface area contributed by atoms with Crippen LogP contribution in [-0.4, -0.2) is 48.6 Å². The number of carboxylic acids is 1. The Morgan fingerprint density at radius 1 is 1.40 bits per heavy atom. The van der Waals surface area contributed by atoms with E-state index in [1.54, 1.807) is 6.92 Å². The van der Waals surface area contributed by atoms with E-state index in [9.17, 15) is 9.90 Å².